The highest BCUT2D eigenvalue weighted by molar-refractivity contribution is 7.12. The van der Waals surface area contributed by atoms with E-state index in [1.165, 1.54) is 29.0 Å². The summed E-state index contributed by atoms with van der Waals surface area (Å²) >= 11 is 1.44. The van der Waals surface area contributed by atoms with E-state index in [-0.39, 0.29) is 17.8 Å². The monoisotopic (exact) mass is 409 g/mol. The summed E-state index contributed by atoms with van der Waals surface area (Å²) in [5, 5.41) is 7.48. The maximum Gasteiger partial charge on any atom is 0.319 e. The fourth-order valence-electron chi connectivity index (χ4n) is 3.32. The molecule has 5 nitrogen and oxygen atoms in total. The normalized spacial score (nSPS) is 12.9. The molecular weight excluding hydrogens is 389 g/mol. The lowest BCUT2D eigenvalue weighted by atomic mass is 9.99. The van der Waals surface area contributed by atoms with Gasteiger partial charge in [-0.25, -0.2) is 9.18 Å². The molecule has 1 aliphatic rings. The van der Waals surface area contributed by atoms with E-state index >= 15 is 0 Å². The number of carbonyl (C=O) groups is 2. The molecular formula is C22H20FN3O2S. The van der Waals surface area contributed by atoms with Gasteiger partial charge in [-0.2, -0.15) is 0 Å². The predicted molar refractivity (Wildman–Crippen MR) is 111 cm³/mol. The molecule has 4 rings (SSSR count). The molecule has 0 aliphatic carbocycles. The van der Waals surface area contributed by atoms with Crippen LogP contribution in [-0.2, 0) is 19.5 Å². The van der Waals surface area contributed by atoms with E-state index in [0.717, 1.165) is 22.4 Å². The molecule has 3 aromatic rings. The van der Waals surface area contributed by atoms with Gasteiger partial charge in [0.2, 0.25) is 0 Å². The van der Waals surface area contributed by atoms with Gasteiger partial charge in [-0.15, -0.1) is 11.3 Å². The smallest absolute Gasteiger partial charge is 0.319 e. The number of benzene rings is 2. The summed E-state index contributed by atoms with van der Waals surface area (Å²) in [6, 6.07) is 15.2. The van der Waals surface area contributed by atoms with Gasteiger partial charge in [-0.1, -0.05) is 24.3 Å². The topological polar surface area (TPSA) is 61.4 Å². The zero-order valence-corrected chi connectivity index (χ0v) is 16.5. The third kappa shape index (κ3) is 4.63. The Morgan fingerprint density at radius 3 is 2.66 bits per heavy atom. The molecule has 1 aliphatic heterocycles. The largest absolute Gasteiger partial charge is 0.334 e. The van der Waals surface area contributed by atoms with Crippen LogP contribution in [0.25, 0.3) is 0 Å². The van der Waals surface area contributed by atoms with Gasteiger partial charge in [0, 0.05) is 25.3 Å². The molecule has 0 saturated carbocycles. The molecule has 2 heterocycles. The van der Waals surface area contributed by atoms with Crippen LogP contribution in [0.15, 0.2) is 60.0 Å². The number of anilines is 1. The Kier molecular flexibility index (Phi) is 5.57. The summed E-state index contributed by atoms with van der Waals surface area (Å²) in [6.07, 6.45) is 0.795. The molecule has 0 spiro atoms. The van der Waals surface area contributed by atoms with Crippen molar-refractivity contribution in [3.63, 3.8) is 0 Å². The second-order valence-electron chi connectivity index (χ2n) is 6.87. The second-order valence-corrected chi connectivity index (χ2v) is 7.82. The lowest BCUT2D eigenvalue weighted by molar-refractivity contribution is 0.0739. The number of fused-ring (bicyclic) bond motifs is 1. The molecule has 0 radical (unpaired) electrons. The van der Waals surface area contributed by atoms with Crippen molar-refractivity contribution in [2.24, 2.45) is 0 Å². The Balaban J connectivity index is 1.37. The van der Waals surface area contributed by atoms with E-state index in [9.17, 15) is 14.0 Å². The molecule has 2 aromatic carbocycles. The van der Waals surface area contributed by atoms with Gasteiger partial charge >= 0.3 is 6.03 Å². The molecule has 2 N–H and O–H groups in total. The summed E-state index contributed by atoms with van der Waals surface area (Å²) in [7, 11) is 0. The molecule has 0 atom stereocenters. The average Bonchev–Trinajstić information content (AvgIpc) is 3.27. The fraction of sp³-hybridized carbons (Fsp3) is 0.182. The SMILES string of the molecule is O=C(NCc1ccc(F)cc1)Nc1ccc2c(c1)CN(C(=O)c1cccs1)CC2. The summed E-state index contributed by atoms with van der Waals surface area (Å²) < 4.78 is 12.9. The minimum atomic E-state index is -0.336. The van der Waals surface area contributed by atoms with Gasteiger partial charge < -0.3 is 15.5 Å². The van der Waals surface area contributed by atoms with Crippen LogP contribution in [0.1, 0.15) is 26.4 Å². The first-order chi connectivity index (χ1) is 14.1. The van der Waals surface area contributed by atoms with Crippen molar-refractivity contribution in [1.82, 2.24) is 10.2 Å². The van der Waals surface area contributed by atoms with Crippen molar-refractivity contribution >= 4 is 29.0 Å². The Morgan fingerprint density at radius 1 is 1.07 bits per heavy atom. The average molecular weight is 409 g/mol. The van der Waals surface area contributed by atoms with Crippen molar-refractivity contribution in [3.05, 3.63) is 87.4 Å². The Morgan fingerprint density at radius 2 is 1.90 bits per heavy atom. The van der Waals surface area contributed by atoms with Crippen molar-refractivity contribution in [2.45, 2.75) is 19.5 Å². The van der Waals surface area contributed by atoms with E-state index < -0.39 is 0 Å². The lowest BCUT2D eigenvalue weighted by Gasteiger charge is -2.29. The number of thiophene rings is 1. The van der Waals surface area contributed by atoms with Gasteiger partial charge in [0.15, 0.2) is 0 Å². The molecule has 7 heteroatoms. The molecule has 148 valence electrons. The maximum atomic E-state index is 12.9. The van der Waals surface area contributed by atoms with Crippen LogP contribution in [0.3, 0.4) is 0 Å². The summed E-state index contributed by atoms with van der Waals surface area (Å²) in [6.45, 7) is 1.52. The number of carbonyl (C=O) groups excluding carboxylic acids is 2. The van der Waals surface area contributed by atoms with E-state index in [1.807, 2.05) is 40.6 Å². The van der Waals surface area contributed by atoms with Gasteiger partial charge in [0.25, 0.3) is 5.91 Å². The number of halogens is 1. The molecule has 3 amide bonds. The van der Waals surface area contributed by atoms with Crippen molar-refractivity contribution < 1.29 is 14.0 Å². The summed E-state index contributed by atoms with van der Waals surface area (Å²) in [5.41, 5.74) is 3.72. The first-order valence-electron chi connectivity index (χ1n) is 9.32. The molecule has 29 heavy (non-hydrogen) atoms. The lowest BCUT2D eigenvalue weighted by Crippen LogP contribution is -2.35. The van der Waals surface area contributed by atoms with Gasteiger partial charge in [0.1, 0.15) is 5.82 Å². The number of amides is 3. The zero-order chi connectivity index (χ0) is 20.2. The fourth-order valence-corrected chi connectivity index (χ4v) is 4.01. The minimum Gasteiger partial charge on any atom is -0.334 e. The van der Waals surface area contributed by atoms with Crippen molar-refractivity contribution in [1.29, 1.82) is 0 Å². The van der Waals surface area contributed by atoms with Crippen molar-refractivity contribution in [2.75, 3.05) is 11.9 Å². The van der Waals surface area contributed by atoms with E-state index in [0.29, 0.717) is 25.3 Å². The van der Waals surface area contributed by atoms with E-state index in [1.54, 1.807) is 12.1 Å². The quantitative estimate of drug-likeness (QED) is 0.671. The number of hydrogen-bond acceptors (Lipinski definition) is 3. The summed E-state index contributed by atoms with van der Waals surface area (Å²) in [5.74, 6) is -0.264. The number of nitrogens with zero attached hydrogens (tertiary/aromatic N) is 1. The third-order valence-corrected chi connectivity index (χ3v) is 5.72. The Labute approximate surface area is 172 Å². The molecule has 1 aromatic heterocycles. The highest BCUT2D eigenvalue weighted by Gasteiger charge is 2.22. The second kappa shape index (κ2) is 8.45. The van der Waals surface area contributed by atoms with Crippen LogP contribution < -0.4 is 10.6 Å². The Bertz CT molecular complexity index is 1020. The predicted octanol–water partition coefficient (Wildman–Crippen LogP) is 4.41. The third-order valence-electron chi connectivity index (χ3n) is 4.86. The number of rotatable bonds is 4. The van der Waals surface area contributed by atoms with E-state index in [2.05, 4.69) is 10.6 Å². The minimum absolute atomic E-state index is 0.0426. The Hall–Kier alpha value is -3.19. The maximum absolute atomic E-state index is 12.9. The molecule has 0 bridgehead atoms. The van der Waals surface area contributed by atoms with Gasteiger partial charge in [-0.3, -0.25) is 4.79 Å². The zero-order valence-electron chi connectivity index (χ0n) is 15.7. The summed E-state index contributed by atoms with van der Waals surface area (Å²) in [4.78, 5) is 27.4. The standard InChI is InChI=1S/C22H20FN3O2S/c23-18-6-3-15(4-7-18)13-24-22(28)25-19-8-5-16-9-10-26(14-17(16)12-19)21(27)20-2-1-11-29-20/h1-8,11-12H,9-10,13-14H2,(H2,24,25,28). The van der Waals surface area contributed by atoms with Crippen LogP contribution in [0, 0.1) is 5.82 Å². The molecule has 0 saturated heterocycles. The van der Waals surface area contributed by atoms with E-state index in [4.69, 9.17) is 0 Å². The van der Waals surface area contributed by atoms with Crippen LogP contribution in [0.2, 0.25) is 0 Å². The molecule has 0 fully saturated rings. The first kappa shape index (κ1) is 19.1. The number of urea groups is 1. The van der Waals surface area contributed by atoms with Crippen LogP contribution >= 0.6 is 11.3 Å². The van der Waals surface area contributed by atoms with Crippen LogP contribution in [0.4, 0.5) is 14.9 Å². The highest BCUT2D eigenvalue weighted by Crippen LogP contribution is 2.24. The van der Waals surface area contributed by atoms with Gasteiger partial charge in [-0.05, 0) is 58.8 Å². The highest BCUT2D eigenvalue weighted by atomic mass is 32.1. The van der Waals surface area contributed by atoms with Crippen LogP contribution in [-0.4, -0.2) is 23.4 Å². The van der Waals surface area contributed by atoms with Crippen molar-refractivity contribution in [3.8, 4) is 0 Å². The first-order valence-corrected chi connectivity index (χ1v) is 10.2. The number of hydrogen-bond donors (Lipinski definition) is 2. The molecule has 0 unspecified atom stereocenters. The van der Waals surface area contributed by atoms with Crippen LogP contribution in [0.5, 0.6) is 0 Å². The number of nitrogens with one attached hydrogen (secondary N) is 2. The van der Waals surface area contributed by atoms with Gasteiger partial charge in [0.05, 0.1) is 4.88 Å².